The summed E-state index contributed by atoms with van der Waals surface area (Å²) in [4.78, 5) is 12.8. The minimum atomic E-state index is -0.200. The van der Waals surface area contributed by atoms with Crippen molar-refractivity contribution in [3.8, 4) is 5.69 Å². The molecule has 6 heteroatoms. The Morgan fingerprint density at radius 2 is 2.04 bits per heavy atom. The Morgan fingerprint density at radius 3 is 2.72 bits per heavy atom. The number of amides is 1. The third kappa shape index (κ3) is 3.19. The molecular weight excluding hydrogens is 314 g/mol. The number of rotatable bonds is 5. The van der Waals surface area contributed by atoms with Crippen molar-refractivity contribution in [2.75, 3.05) is 5.32 Å². The van der Waals surface area contributed by atoms with Crippen LogP contribution in [0.3, 0.4) is 0 Å². The largest absolute Gasteiger partial charge is 0.309 e. The summed E-state index contributed by atoms with van der Waals surface area (Å²) < 4.78 is 1.84. The van der Waals surface area contributed by atoms with E-state index in [4.69, 9.17) is 5.10 Å². The van der Waals surface area contributed by atoms with Gasteiger partial charge in [-0.25, -0.2) is 10.1 Å². The third-order valence-corrected chi connectivity index (χ3v) is 5.24. The second-order valence-electron chi connectivity index (χ2n) is 7.03. The standard InChI is InChI=1S/C19H25N5O/c1-3-15-12(2)18(24(23-15)14-7-5-4-6-8-14)20-19(25)17-11-16(21-22-17)13-9-10-13/h4-8,13,16-17,21-22H,3,9-11H2,1-2H3,(H,20,25). The molecule has 1 amide bonds. The lowest BCUT2D eigenvalue weighted by Gasteiger charge is -2.13. The summed E-state index contributed by atoms with van der Waals surface area (Å²) in [5.74, 6) is 1.50. The fraction of sp³-hybridized carbons (Fsp3) is 0.474. The molecule has 132 valence electrons. The molecular formula is C19H25N5O. The number of carbonyl (C=O) groups excluding carboxylic acids is 1. The molecule has 2 atom stereocenters. The number of para-hydroxylation sites is 1. The predicted molar refractivity (Wildman–Crippen MR) is 97.5 cm³/mol. The van der Waals surface area contributed by atoms with Crippen LogP contribution in [0.1, 0.15) is 37.4 Å². The van der Waals surface area contributed by atoms with Gasteiger partial charge >= 0.3 is 0 Å². The number of hydrazine groups is 1. The number of anilines is 1. The van der Waals surface area contributed by atoms with Crippen molar-refractivity contribution >= 4 is 11.7 Å². The number of hydrogen-bond acceptors (Lipinski definition) is 4. The van der Waals surface area contributed by atoms with Gasteiger partial charge in [-0.1, -0.05) is 25.1 Å². The van der Waals surface area contributed by atoms with Gasteiger partial charge in [-0.15, -0.1) is 0 Å². The maximum absolute atomic E-state index is 12.8. The molecule has 6 nitrogen and oxygen atoms in total. The Bertz CT molecular complexity index is 766. The van der Waals surface area contributed by atoms with Crippen molar-refractivity contribution < 1.29 is 4.79 Å². The number of nitrogens with one attached hydrogen (secondary N) is 3. The summed E-state index contributed by atoms with van der Waals surface area (Å²) >= 11 is 0. The molecule has 0 bridgehead atoms. The van der Waals surface area contributed by atoms with Crippen LogP contribution in [0.15, 0.2) is 30.3 Å². The van der Waals surface area contributed by atoms with E-state index in [0.29, 0.717) is 6.04 Å². The van der Waals surface area contributed by atoms with Crippen LogP contribution in [-0.2, 0) is 11.2 Å². The summed E-state index contributed by atoms with van der Waals surface area (Å²) in [6.45, 7) is 4.10. The molecule has 1 aliphatic heterocycles. The first-order valence-electron chi connectivity index (χ1n) is 9.13. The summed E-state index contributed by atoms with van der Waals surface area (Å²) in [5, 5.41) is 7.81. The lowest BCUT2D eigenvalue weighted by atomic mass is 10.1. The normalized spacial score (nSPS) is 23.0. The summed E-state index contributed by atoms with van der Waals surface area (Å²) in [6, 6.07) is 10.2. The van der Waals surface area contributed by atoms with Gasteiger partial charge in [0.05, 0.1) is 11.4 Å². The van der Waals surface area contributed by atoms with Crippen LogP contribution in [0.25, 0.3) is 5.69 Å². The van der Waals surface area contributed by atoms with Gasteiger partial charge in [0.2, 0.25) is 5.91 Å². The van der Waals surface area contributed by atoms with E-state index in [-0.39, 0.29) is 11.9 Å². The average molecular weight is 339 g/mol. The van der Waals surface area contributed by atoms with Crippen molar-refractivity contribution in [1.82, 2.24) is 20.6 Å². The van der Waals surface area contributed by atoms with E-state index in [0.717, 1.165) is 41.5 Å². The molecule has 2 fully saturated rings. The summed E-state index contributed by atoms with van der Waals surface area (Å²) in [7, 11) is 0. The second kappa shape index (κ2) is 6.61. The van der Waals surface area contributed by atoms with Crippen LogP contribution >= 0.6 is 0 Å². The highest BCUT2D eigenvalue weighted by atomic mass is 16.2. The Morgan fingerprint density at radius 1 is 1.28 bits per heavy atom. The average Bonchev–Trinajstić information content (AvgIpc) is 3.29. The van der Waals surface area contributed by atoms with Crippen molar-refractivity contribution in [3.63, 3.8) is 0 Å². The Kier molecular flexibility index (Phi) is 4.31. The summed E-state index contributed by atoms with van der Waals surface area (Å²) in [5.41, 5.74) is 9.43. The van der Waals surface area contributed by atoms with E-state index in [1.54, 1.807) is 0 Å². The first-order valence-corrected chi connectivity index (χ1v) is 9.13. The van der Waals surface area contributed by atoms with E-state index >= 15 is 0 Å². The van der Waals surface area contributed by atoms with Gasteiger partial charge in [-0.3, -0.25) is 10.2 Å². The highest BCUT2D eigenvalue weighted by Gasteiger charge is 2.39. The molecule has 4 rings (SSSR count). The van der Waals surface area contributed by atoms with E-state index < -0.39 is 0 Å². The molecule has 0 radical (unpaired) electrons. The monoisotopic (exact) mass is 339 g/mol. The van der Waals surface area contributed by atoms with Gasteiger partial charge < -0.3 is 5.32 Å². The van der Waals surface area contributed by atoms with E-state index in [9.17, 15) is 4.79 Å². The SMILES string of the molecule is CCc1nn(-c2ccccc2)c(NC(=O)C2CC(C3CC3)NN2)c1C. The minimum absolute atomic E-state index is 0.00140. The Labute approximate surface area is 148 Å². The quantitative estimate of drug-likeness (QED) is 0.782. The van der Waals surface area contributed by atoms with Gasteiger partial charge in [0, 0.05) is 11.6 Å². The highest BCUT2D eigenvalue weighted by Crippen LogP contribution is 2.35. The maximum Gasteiger partial charge on any atom is 0.244 e. The van der Waals surface area contributed by atoms with Crippen molar-refractivity contribution in [2.45, 2.75) is 51.6 Å². The highest BCUT2D eigenvalue weighted by molar-refractivity contribution is 5.95. The number of carbonyl (C=O) groups is 1. The molecule has 2 unspecified atom stereocenters. The number of aromatic nitrogens is 2. The van der Waals surface area contributed by atoms with Gasteiger partial charge in [0.15, 0.2) is 0 Å². The number of benzene rings is 1. The predicted octanol–water partition coefficient (Wildman–Crippen LogP) is 2.33. The summed E-state index contributed by atoms with van der Waals surface area (Å²) in [6.07, 6.45) is 4.22. The topological polar surface area (TPSA) is 71.0 Å². The van der Waals surface area contributed by atoms with Crippen molar-refractivity contribution in [3.05, 3.63) is 41.6 Å². The number of aryl methyl sites for hydroxylation is 1. The van der Waals surface area contributed by atoms with Crippen molar-refractivity contribution in [2.24, 2.45) is 5.92 Å². The first-order chi connectivity index (χ1) is 12.2. The fourth-order valence-electron chi connectivity index (χ4n) is 3.54. The minimum Gasteiger partial charge on any atom is -0.309 e. The molecule has 1 aromatic heterocycles. The molecule has 1 saturated carbocycles. The molecule has 25 heavy (non-hydrogen) atoms. The first kappa shape index (κ1) is 16.3. The van der Waals surface area contributed by atoms with Crippen LogP contribution in [-0.4, -0.2) is 27.8 Å². The van der Waals surface area contributed by atoms with Crippen molar-refractivity contribution in [1.29, 1.82) is 0 Å². The Hall–Kier alpha value is -2.18. The van der Waals surface area contributed by atoms with Crippen LogP contribution in [0.4, 0.5) is 5.82 Å². The molecule has 2 aliphatic rings. The molecule has 2 heterocycles. The fourth-order valence-corrected chi connectivity index (χ4v) is 3.54. The smallest absolute Gasteiger partial charge is 0.244 e. The van der Waals surface area contributed by atoms with Gasteiger partial charge in [-0.05, 0) is 50.7 Å². The number of hydrogen-bond donors (Lipinski definition) is 3. The van der Waals surface area contributed by atoms with Crippen LogP contribution in [0.5, 0.6) is 0 Å². The van der Waals surface area contributed by atoms with E-state index in [1.807, 2.05) is 41.9 Å². The molecule has 1 aromatic carbocycles. The number of nitrogens with zero attached hydrogens (tertiary/aromatic N) is 2. The molecule has 3 N–H and O–H groups in total. The molecule has 1 saturated heterocycles. The zero-order valence-corrected chi connectivity index (χ0v) is 14.7. The maximum atomic E-state index is 12.8. The zero-order valence-electron chi connectivity index (χ0n) is 14.7. The Balaban J connectivity index is 1.57. The van der Waals surface area contributed by atoms with Crippen LogP contribution in [0.2, 0.25) is 0 Å². The van der Waals surface area contributed by atoms with E-state index in [1.165, 1.54) is 12.8 Å². The zero-order chi connectivity index (χ0) is 17.4. The lowest BCUT2D eigenvalue weighted by molar-refractivity contribution is -0.117. The van der Waals surface area contributed by atoms with Gasteiger partial charge in [-0.2, -0.15) is 5.10 Å². The van der Waals surface area contributed by atoms with E-state index in [2.05, 4.69) is 23.1 Å². The van der Waals surface area contributed by atoms with Crippen LogP contribution < -0.4 is 16.2 Å². The third-order valence-electron chi connectivity index (χ3n) is 5.24. The van der Waals surface area contributed by atoms with Gasteiger partial charge in [0.1, 0.15) is 11.9 Å². The molecule has 1 aliphatic carbocycles. The molecule has 2 aromatic rings. The van der Waals surface area contributed by atoms with Gasteiger partial charge in [0.25, 0.3) is 0 Å². The van der Waals surface area contributed by atoms with Crippen LogP contribution in [0, 0.1) is 12.8 Å². The molecule has 0 spiro atoms. The second-order valence-corrected chi connectivity index (χ2v) is 7.03. The lowest BCUT2D eigenvalue weighted by Crippen LogP contribution is -2.40.